The molecule has 6 nitrogen and oxygen atoms in total. The number of hydrogen-bond acceptors (Lipinski definition) is 4. The molecule has 1 heterocycles. The Kier molecular flexibility index (Phi) is 5.46. The summed E-state index contributed by atoms with van der Waals surface area (Å²) in [5.74, 6) is -0.691. The van der Waals surface area contributed by atoms with Gasteiger partial charge in [0.05, 0.1) is 18.4 Å². The third kappa shape index (κ3) is 4.14. The Bertz CT molecular complexity index is 687. The predicted octanol–water partition coefficient (Wildman–Crippen LogP) is 1.40. The second-order valence-electron chi connectivity index (χ2n) is 5.36. The van der Waals surface area contributed by atoms with Crippen molar-refractivity contribution in [3.05, 3.63) is 47.5 Å². The molecule has 0 spiro atoms. The number of likely N-dealkylation sites (N-methyl/N-ethyl adjacent to an activating group) is 1. The Morgan fingerprint density at radius 1 is 1.48 bits per heavy atom. The molecule has 1 amide bonds. The monoisotopic (exact) mass is 321 g/mol. The Morgan fingerprint density at radius 3 is 2.87 bits per heavy atom. The second kappa shape index (κ2) is 7.34. The molecule has 0 bridgehead atoms. The van der Waals surface area contributed by atoms with E-state index in [1.807, 2.05) is 0 Å². The summed E-state index contributed by atoms with van der Waals surface area (Å²) in [5.41, 5.74) is 1.49. The van der Waals surface area contributed by atoms with Gasteiger partial charge in [0.2, 0.25) is 0 Å². The summed E-state index contributed by atoms with van der Waals surface area (Å²) in [6, 6.07) is 7.62. The first-order chi connectivity index (χ1) is 10.9. The molecule has 0 aliphatic rings. The number of benzene rings is 1. The zero-order valence-corrected chi connectivity index (χ0v) is 13.4. The first kappa shape index (κ1) is 17.1. The van der Waals surface area contributed by atoms with Crippen molar-refractivity contribution < 1.29 is 19.0 Å². The minimum Gasteiger partial charge on any atom is -0.389 e. The molecule has 2 rings (SSSR count). The lowest BCUT2D eigenvalue weighted by Crippen LogP contribution is -2.36. The molecule has 1 N–H and O–H groups in total. The van der Waals surface area contributed by atoms with Gasteiger partial charge < -0.3 is 14.7 Å². The van der Waals surface area contributed by atoms with E-state index in [9.17, 15) is 14.3 Å². The molecule has 0 fully saturated rings. The lowest BCUT2D eigenvalue weighted by Gasteiger charge is -2.19. The standard InChI is InChI=1S/C16H20FN3O3/c1-11-7-15(16(22)19(2)9-14(21)10-23-3)18-20(11)13-6-4-5-12(17)8-13/h4-8,14,21H,9-10H2,1-3H3. The predicted molar refractivity (Wildman–Crippen MR) is 83.1 cm³/mol. The minimum absolute atomic E-state index is 0.137. The van der Waals surface area contributed by atoms with Gasteiger partial charge in [-0.05, 0) is 31.2 Å². The number of rotatable bonds is 6. The van der Waals surface area contributed by atoms with E-state index < -0.39 is 6.10 Å². The zero-order valence-electron chi connectivity index (χ0n) is 13.4. The summed E-state index contributed by atoms with van der Waals surface area (Å²) in [4.78, 5) is 13.7. The van der Waals surface area contributed by atoms with Gasteiger partial charge in [0.15, 0.2) is 5.69 Å². The van der Waals surface area contributed by atoms with E-state index in [0.29, 0.717) is 11.4 Å². The van der Waals surface area contributed by atoms with E-state index in [1.54, 1.807) is 32.2 Å². The highest BCUT2D eigenvalue weighted by atomic mass is 19.1. The van der Waals surface area contributed by atoms with Gasteiger partial charge in [0, 0.05) is 26.4 Å². The van der Waals surface area contributed by atoms with Crippen LogP contribution in [0.3, 0.4) is 0 Å². The van der Waals surface area contributed by atoms with Crippen LogP contribution in [0.25, 0.3) is 5.69 Å². The van der Waals surface area contributed by atoms with E-state index in [4.69, 9.17) is 4.74 Å². The summed E-state index contributed by atoms with van der Waals surface area (Å²) in [7, 11) is 3.06. The molecule has 0 aliphatic heterocycles. The molecule has 2 aromatic rings. The fourth-order valence-electron chi connectivity index (χ4n) is 2.29. The van der Waals surface area contributed by atoms with Crippen molar-refractivity contribution in [3.63, 3.8) is 0 Å². The van der Waals surface area contributed by atoms with E-state index in [0.717, 1.165) is 0 Å². The summed E-state index contributed by atoms with van der Waals surface area (Å²) < 4.78 is 19.7. The van der Waals surface area contributed by atoms with Gasteiger partial charge in [-0.2, -0.15) is 5.10 Å². The highest BCUT2D eigenvalue weighted by Crippen LogP contribution is 2.14. The fraction of sp³-hybridized carbons (Fsp3) is 0.375. The highest BCUT2D eigenvalue weighted by molar-refractivity contribution is 5.92. The average molecular weight is 321 g/mol. The number of carbonyl (C=O) groups is 1. The fourth-order valence-corrected chi connectivity index (χ4v) is 2.29. The summed E-state index contributed by atoms with van der Waals surface area (Å²) in [6.45, 7) is 2.07. The van der Waals surface area contributed by atoms with Gasteiger partial charge in [0.1, 0.15) is 5.82 Å². The Morgan fingerprint density at radius 2 is 2.22 bits per heavy atom. The number of aliphatic hydroxyl groups is 1. The molecule has 1 aromatic heterocycles. The molecule has 1 atom stereocenters. The van der Waals surface area contributed by atoms with Gasteiger partial charge in [-0.1, -0.05) is 6.07 Å². The third-order valence-corrected chi connectivity index (χ3v) is 3.35. The van der Waals surface area contributed by atoms with Crippen LogP contribution in [0.15, 0.2) is 30.3 Å². The van der Waals surface area contributed by atoms with Crippen LogP contribution >= 0.6 is 0 Å². The number of halogens is 1. The number of amides is 1. The summed E-state index contributed by atoms with van der Waals surface area (Å²) in [5, 5.41) is 13.9. The van der Waals surface area contributed by atoms with Gasteiger partial charge in [-0.25, -0.2) is 9.07 Å². The van der Waals surface area contributed by atoms with E-state index in [1.165, 1.54) is 28.8 Å². The van der Waals surface area contributed by atoms with Crippen LogP contribution in [0.1, 0.15) is 16.2 Å². The number of hydrogen-bond donors (Lipinski definition) is 1. The van der Waals surface area contributed by atoms with E-state index in [-0.39, 0.29) is 30.6 Å². The smallest absolute Gasteiger partial charge is 0.274 e. The van der Waals surface area contributed by atoms with Crippen LogP contribution in [0, 0.1) is 12.7 Å². The molecule has 1 aromatic carbocycles. The van der Waals surface area contributed by atoms with Gasteiger partial charge >= 0.3 is 0 Å². The van der Waals surface area contributed by atoms with Crippen LogP contribution < -0.4 is 0 Å². The number of aryl methyl sites for hydroxylation is 1. The lowest BCUT2D eigenvalue weighted by atomic mass is 10.3. The number of ether oxygens (including phenoxy) is 1. The van der Waals surface area contributed by atoms with E-state index in [2.05, 4.69) is 5.10 Å². The molecular weight excluding hydrogens is 301 g/mol. The molecule has 23 heavy (non-hydrogen) atoms. The van der Waals surface area contributed by atoms with Crippen molar-refractivity contribution in [3.8, 4) is 5.69 Å². The van der Waals surface area contributed by atoms with Crippen LogP contribution in [0.2, 0.25) is 0 Å². The van der Waals surface area contributed by atoms with E-state index >= 15 is 0 Å². The van der Waals surface area contributed by atoms with Crippen LogP contribution in [-0.2, 0) is 4.74 Å². The number of methoxy groups -OCH3 is 1. The Hall–Kier alpha value is -2.25. The first-order valence-corrected chi connectivity index (χ1v) is 7.17. The first-order valence-electron chi connectivity index (χ1n) is 7.17. The van der Waals surface area contributed by atoms with Crippen LogP contribution in [-0.4, -0.2) is 59.1 Å². The van der Waals surface area contributed by atoms with Crippen molar-refractivity contribution in [2.45, 2.75) is 13.0 Å². The maximum atomic E-state index is 13.3. The minimum atomic E-state index is -0.764. The molecule has 0 aliphatic carbocycles. The van der Waals surface area contributed by atoms with Gasteiger partial charge in [-0.15, -0.1) is 0 Å². The number of nitrogens with zero attached hydrogens (tertiary/aromatic N) is 3. The van der Waals surface area contributed by atoms with Crippen LogP contribution in [0.5, 0.6) is 0 Å². The average Bonchev–Trinajstić information content (AvgIpc) is 2.88. The molecule has 0 radical (unpaired) electrons. The number of carbonyl (C=O) groups excluding carboxylic acids is 1. The van der Waals surface area contributed by atoms with Crippen LogP contribution in [0.4, 0.5) is 4.39 Å². The third-order valence-electron chi connectivity index (χ3n) is 3.35. The van der Waals surface area contributed by atoms with Gasteiger partial charge in [-0.3, -0.25) is 4.79 Å². The molecule has 0 saturated carbocycles. The maximum absolute atomic E-state index is 13.3. The molecular formula is C16H20FN3O3. The topological polar surface area (TPSA) is 67.6 Å². The number of aromatic nitrogens is 2. The quantitative estimate of drug-likeness (QED) is 0.873. The largest absolute Gasteiger partial charge is 0.389 e. The lowest BCUT2D eigenvalue weighted by molar-refractivity contribution is 0.0377. The molecule has 1 unspecified atom stereocenters. The Labute approximate surface area is 134 Å². The second-order valence-corrected chi connectivity index (χ2v) is 5.36. The SMILES string of the molecule is COCC(O)CN(C)C(=O)c1cc(C)n(-c2cccc(F)c2)n1. The molecule has 124 valence electrons. The zero-order chi connectivity index (χ0) is 17.0. The van der Waals surface area contributed by atoms with Crippen molar-refractivity contribution in [2.75, 3.05) is 27.3 Å². The number of aliphatic hydroxyl groups excluding tert-OH is 1. The highest BCUT2D eigenvalue weighted by Gasteiger charge is 2.19. The van der Waals surface area contributed by atoms with Crippen molar-refractivity contribution in [2.24, 2.45) is 0 Å². The van der Waals surface area contributed by atoms with Gasteiger partial charge in [0.25, 0.3) is 5.91 Å². The van der Waals surface area contributed by atoms with Crippen molar-refractivity contribution in [1.82, 2.24) is 14.7 Å². The maximum Gasteiger partial charge on any atom is 0.274 e. The Balaban J connectivity index is 2.18. The summed E-state index contributed by atoms with van der Waals surface area (Å²) in [6.07, 6.45) is -0.764. The van der Waals surface area contributed by atoms with Crippen molar-refractivity contribution in [1.29, 1.82) is 0 Å². The normalized spacial score (nSPS) is 12.2. The summed E-state index contributed by atoms with van der Waals surface area (Å²) >= 11 is 0. The molecule has 0 saturated heterocycles. The van der Waals surface area contributed by atoms with Crippen molar-refractivity contribution >= 4 is 5.91 Å². The molecule has 7 heteroatoms.